The summed E-state index contributed by atoms with van der Waals surface area (Å²) in [5.74, 6) is -0.0588. The van der Waals surface area contributed by atoms with E-state index in [4.69, 9.17) is 0 Å². The van der Waals surface area contributed by atoms with Gasteiger partial charge in [0.25, 0.3) is 11.6 Å². The normalized spacial score (nSPS) is 13.8. The van der Waals surface area contributed by atoms with Crippen molar-refractivity contribution in [3.63, 3.8) is 0 Å². The lowest BCUT2D eigenvalue weighted by Crippen LogP contribution is -2.48. The first-order valence-corrected chi connectivity index (χ1v) is 9.80. The molecule has 2 aromatic rings. The maximum atomic E-state index is 12.8. The molecule has 0 radical (unpaired) electrons. The molecule has 0 aliphatic carbocycles. The van der Waals surface area contributed by atoms with Crippen LogP contribution in [-0.2, 0) is 0 Å². The van der Waals surface area contributed by atoms with Crippen molar-refractivity contribution in [1.82, 2.24) is 10.2 Å². The smallest absolute Gasteiger partial charge is 0.319 e. The van der Waals surface area contributed by atoms with Gasteiger partial charge in [0.2, 0.25) is 0 Å². The molecule has 3 rings (SSSR count). The van der Waals surface area contributed by atoms with Crippen molar-refractivity contribution in [3.8, 4) is 0 Å². The van der Waals surface area contributed by atoms with Gasteiger partial charge in [0.15, 0.2) is 0 Å². The first-order chi connectivity index (χ1) is 14.3. The number of anilines is 2. The summed E-state index contributed by atoms with van der Waals surface area (Å²) in [6.45, 7) is 6.18. The molecule has 30 heavy (non-hydrogen) atoms. The van der Waals surface area contributed by atoms with Gasteiger partial charge in [0.1, 0.15) is 0 Å². The van der Waals surface area contributed by atoms with Gasteiger partial charge in [-0.05, 0) is 50.2 Å². The van der Waals surface area contributed by atoms with E-state index in [-0.39, 0.29) is 23.7 Å². The average molecular weight is 411 g/mol. The third-order valence-corrected chi connectivity index (χ3v) is 4.80. The van der Waals surface area contributed by atoms with Crippen molar-refractivity contribution < 1.29 is 14.5 Å². The molecule has 1 fully saturated rings. The van der Waals surface area contributed by atoms with Gasteiger partial charge in [0.05, 0.1) is 4.92 Å². The Labute approximate surface area is 174 Å². The summed E-state index contributed by atoms with van der Waals surface area (Å²) >= 11 is 0. The number of amides is 3. The molecule has 0 bridgehead atoms. The minimum atomic E-state index is -0.419. The molecule has 3 amide bonds. The second kappa shape index (κ2) is 9.25. The van der Waals surface area contributed by atoms with E-state index in [0.717, 1.165) is 5.69 Å². The summed E-state index contributed by atoms with van der Waals surface area (Å²) in [5, 5.41) is 16.3. The maximum absolute atomic E-state index is 12.8. The number of piperazine rings is 1. The number of nitro groups is 1. The third-order valence-electron chi connectivity index (χ3n) is 4.80. The van der Waals surface area contributed by atoms with Crippen LogP contribution in [-0.4, -0.2) is 54.0 Å². The minimum Gasteiger partial charge on any atom is -0.368 e. The molecule has 2 N–H and O–H groups in total. The lowest BCUT2D eigenvalue weighted by molar-refractivity contribution is -0.384. The predicted octanol–water partition coefficient (Wildman–Crippen LogP) is 3.09. The maximum Gasteiger partial charge on any atom is 0.319 e. The van der Waals surface area contributed by atoms with E-state index >= 15 is 0 Å². The number of benzene rings is 2. The Kier molecular flexibility index (Phi) is 6.51. The van der Waals surface area contributed by atoms with Crippen LogP contribution in [0, 0.1) is 10.1 Å². The Morgan fingerprint density at radius 1 is 0.967 bits per heavy atom. The Balaban J connectivity index is 1.54. The molecule has 1 aliphatic heterocycles. The van der Waals surface area contributed by atoms with Gasteiger partial charge in [-0.25, -0.2) is 4.79 Å². The number of nitrogens with zero attached hydrogens (tertiary/aromatic N) is 3. The molecule has 0 saturated carbocycles. The molecule has 0 aromatic heterocycles. The Morgan fingerprint density at radius 3 is 2.10 bits per heavy atom. The largest absolute Gasteiger partial charge is 0.368 e. The number of nitro benzene ring substituents is 1. The number of hydrogen-bond donors (Lipinski definition) is 2. The number of urea groups is 1. The molecular formula is C21H25N5O4. The van der Waals surface area contributed by atoms with E-state index in [9.17, 15) is 19.7 Å². The van der Waals surface area contributed by atoms with Gasteiger partial charge < -0.3 is 20.4 Å². The Morgan fingerprint density at radius 2 is 1.57 bits per heavy atom. The molecule has 158 valence electrons. The van der Waals surface area contributed by atoms with Gasteiger partial charge in [0, 0.05) is 61.3 Å². The van der Waals surface area contributed by atoms with Crippen LogP contribution in [0.3, 0.4) is 0 Å². The van der Waals surface area contributed by atoms with Crippen molar-refractivity contribution in [2.24, 2.45) is 0 Å². The first kappa shape index (κ1) is 21.1. The first-order valence-electron chi connectivity index (χ1n) is 9.80. The molecule has 1 saturated heterocycles. The Bertz CT molecular complexity index is 904. The number of nitrogens with one attached hydrogen (secondary N) is 2. The topological polar surface area (TPSA) is 108 Å². The summed E-state index contributed by atoms with van der Waals surface area (Å²) in [5.41, 5.74) is 2.15. The van der Waals surface area contributed by atoms with E-state index in [1.54, 1.807) is 41.3 Å². The quantitative estimate of drug-likeness (QED) is 0.581. The second-order valence-corrected chi connectivity index (χ2v) is 7.38. The standard InChI is InChI=1S/C21H25N5O4/c1-15(2)22-21(28)23-17-5-3-16(4-6-17)20(27)25-13-11-24(12-14-25)18-7-9-19(10-8-18)26(29)30/h3-10,15H,11-14H2,1-2H3,(H2,22,23,28). The van der Waals surface area contributed by atoms with Crippen LogP contribution in [0.5, 0.6) is 0 Å². The lowest BCUT2D eigenvalue weighted by atomic mass is 10.1. The highest BCUT2D eigenvalue weighted by Gasteiger charge is 2.22. The fourth-order valence-electron chi connectivity index (χ4n) is 3.26. The van der Waals surface area contributed by atoms with Gasteiger partial charge in [-0.2, -0.15) is 0 Å². The molecule has 0 spiro atoms. The van der Waals surface area contributed by atoms with Crippen LogP contribution in [0.2, 0.25) is 0 Å². The van der Waals surface area contributed by atoms with Crippen LogP contribution < -0.4 is 15.5 Å². The number of rotatable bonds is 5. The molecule has 1 aliphatic rings. The van der Waals surface area contributed by atoms with Gasteiger partial charge in [-0.3, -0.25) is 14.9 Å². The summed E-state index contributed by atoms with van der Waals surface area (Å²) in [6.07, 6.45) is 0. The zero-order valence-corrected chi connectivity index (χ0v) is 17.0. The fraction of sp³-hybridized carbons (Fsp3) is 0.333. The molecule has 1 heterocycles. The zero-order chi connectivity index (χ0) is 21.7. The SMILES string of the molecule is CC(C)NC(=O)Nc1ccc(C(=O)N2CCN(c3ccc([N+](=O)[O-])cc3)CC2)cc1. The van der Waals surface area contributed by atoms with Crippen molar-refractivity contribution in [2.75, 3.05) is 36.4 Å². The van der Waals surface area contributed by atoms with Crippen LogP contribution in [0.25, 0.3) is 0 Å². The van der Waals surface area contributed by atoms with Gasteiger partial charge in [-0.15, -0.1) is 0 Å². The zero-order valence-electron chi connectivity index (χ0n) is 17.0. The van der Waals surface area contributed by atoms with Crippen LogP contribution in [0.1, 0.15) is 24.2 Å². The summed E-state index contributed by atoms with van der Waals surface area (Å²) in [4.78, 5) is 38.8. The lowest BCUT2D eigenvalue weighted by Gasteiger charge is -2.36. The third kappa shape index (κ3) is 5.25. The molecule has 9 nitrogen and oxygen atoms in total. The minimum absolute atomic E-state index is 0.0375. The number of non-ortho nitro benzene ring substituents is 1. The molecule has 2 aromatic carbocycles. The van der Waals surface area contributed by atoms with Crippen LogP contribution in [0.4, 0.5) is 21.9 Å². The van der Waals surface area contributed by atoms with E-state index < -0.39 is 4.92 Å². The van der Waals surface area contributed by atoms with E-state index in [2.05, 4.69) is 15.5 Å². The van der Waals surface area contributed by atoms with E-state index in [0.29, 0.717) is 37.4 Å². The second-order valence-electron chi connectivity index (χ2n) is 7.38. The predicted molar refractivity (Wildman–Crippen MR) is 115 cm³/mol. The van der Waals surface area contributed by atoms with Crippen LogP contribution >= 0.6 is 0 Å². The average Bonchev–Trinajstić information content (AvgIpc) is 2.73. The van der Waals surface area contributed by atoms with Gasteiger partial charge in [-0.1, -0.05) is 0 Å². The highest BCUT2D eigenvalue weighted by Crippen LogP contribution is 2.21. The summed E-state index contributed by atoms with van der Waals surface area (Å²) in [7, 11) is 0. The van der Waals surface area contributed by atoms with Crippen molar-refractivity contribution >= 4 is 29.0 Å². The highest BCUT2D eigenvalue weighted by molar-refractivity contribution is 5.95. The number of carbonyl (C=O) groups excluding carboxylic acids is 2. The molecular weight excluding hydrogens is 386 g/mol. The Hall–Kier alpha value is -3.62. The summed E-state index contributed by atoms with van der Waals surface area (Å²) < 4.78 is 0. The van der Waals surface area contributed by atoms with Crippen LogP contribution in [0.15, 0.2) is 48.5 Å². The highest BCUT2D eigenvalue weighted by atomic mass is 16.6. The summed E-state index contributed by atoms with van der Waals surface area (Å²) in [6, 6.07) is 13.0. The monoisotopic (exact) mass is 411 g/mol. The number of hydrogen-bond acceptors (Lipinski definition) is 5. The molecule has 0 atom stereocenters. The van der Waals surface area contributed by atoms with Crippen molar-refractivity contribution in [3.05, 3.63) is 64.2 Å². The molecule has 0 unspecified atom stereocenters. The van der Waals surface area contributed by atoms with E-state index in [1.807, 2.05) is 13.8 Å². The van der Waals surface area contributed by atoms with Crippen molar-refractivity contribution in [2.45, 2.75) is 19.9 Å². The number of carbonyl (C=O) groups is 2. The van der Waals surface area contributed by atoms with E-state index in [1.165, 1.54) is 12.1 Å². The molecule has 9 heteroatoms. The van der Waals surface area contributed by atoms with Gasteiger partial charge >= 0.3 is 6.03 Å². The fourth-order valence-corrected chi connectivity index (χ4v) is 3.26. The van der Waals surface area contributed by atoms with Crippen molar-refractivity contribution in [1.29, 1.82) is 0 Å².